The van der Waals surface area contributed by atoms with E-state index in [0.717, 1.165) is 13.8 Å². The zero-order valence-electron chi connectivity index (χ0n) is 5.71. The second kappa shape index (κ2) is 3.00. The van der Waals surface area contributed by atoms with Crippen LogP contribution in [0.2, 0.25) is 0 Å². The third kappa shape index (κ3) is 1.89. The van der Waals surface area contributed by atoms with Gasteiger partial charge < -0.3 is 10.2 Å². The predicted molar refractivity (Wildman–Crippen MR) is 33.6 cm³/mol. The van der Waals surface area contributed by atoms with E-state index in [1.165, 1.54) is 0 Å². The van der Waals surface area contributed by atoms with Gasteiger partial charge in [-0.25, -0.2) is 0 Å². The summed E-state index contributed by atoms with van der Waals surface area (Å²) in [5.41, 5.74) is 0. The lowest BCUT2D eigenvalue weighted by Crippen LogP contribution is -2.06. The smallest absolute Gasteiger partial charge is 0.205 e. The first-order valence-corrected chi connectivity index (χ1v) is 2.61. The lowest BCUT2D eigenvalue weighted by Gasteiger charge is -1.95. The number of hydrogen-bond acceptors (Lipinski definition) is 4. The van der Waals surface area contributed by atoms with E-state index in [4.69, 9.17) is 10.2 Å². The average Bonchev–Trinajstić information content (AvgIpc) is 1.84. The van der Waals surface area contributed by atoms with Gasteiger partial charge in [-0.05, 0) is 0 Å². The molecule has 10 heavy (non-hydrogen) atoms. The summed E-state index contributed by atoms with van der Waals surface area (Å²) >= 11 is 0. The predicted octanol–water partition coefficient (Wildman–Crippen LogP) is 0.492. The molecule has 4 heteroatoms. The van der Waals surface area contributed by atoms with Gasteiger partial charge in [-0.3, -0.25) is 9.59 Å². The van der Waals surface area contributed by atoms with Crippen molar-refractivity contribution in [1.29, 1.82) is 0 Å². The molecule has 0 saturated carbocycles. The summed E-state index contributed by atoms with van der Waals surface area (Å²) in [7, 11) is 0. The molecule has 0 fully saturated rings. The highest BCUT2D eigenvalue weighted by Gasteiger charge is 2.11. The van der Waals surface area contributed by atoms with Crippen LogP contribution in [0.1, 0.15) is 13.8 Å². The number of ketones is 2. The van der Waals surface area contributed by atoms with Gasteiger partial charge in [0.05, 0.1) is 0 Å². The molecule has 0 radical (unpaired) electrons. The second-order valence-corrected chi connectivity index (χ2v) is 1.81. The van der Waals surface area contributed by atoms with E-state index < -0.39 is 23.1 Å². The molecule has 0 unspecified atom stereocenters. The van der Waals surface area contributed by atoms with Crippen molar-refractivity contribution in [3.8, 4) is 0 Å². The van der Waals surface area contributed by atoms with Crippen LogP contribution < -0.4 is 0 Å². The molecule has 0 rings (SSSR count). The van der Waals surface area contributed by atoms with Gasteiger partial charge in [0.15, 0.2) is 11.6 Å². The van der Waals surface area contributed by atoms with Crippen molar-refractivity contribution in [3.63, 3.8) is 0 Å². The third-order valence-corrected chi connectivity index (χ3v) is 0.891. The fourth-order valence-electron chi connectivity index (χ4n) is 0.333. The van der Waals surface area contributed by atoms with E-state index in [2.05, 4.69) is 0 Å². The summed E-state index contributed by atoms with van der Waals surface area (Å²) in [6, 6.07) is 0. The Morgan fingerprint density at radius 2 is 1.10 bits per heavy atom. The van der Waals surface area contributed by atoms with Gasteiger partial charge >= 0.3 is 0 Å². The van der Waals surface area contributed by atoms with Crippen molar-refractivity contribution in [1.82, 2.24) is 0 Å². The highest BCUT2D eigenvalue weighted by molar-refractivity contribution is 6.01. The molecule has 2 N–H and O–H groups in total. The first kappa shape index (κ1) is 8.68. The first-order chi connectivity index (χ1) is 4.46. The zero-order chi connectivity index (χ0) is 8.31. The summed E-state index contributed by atoms with van der Waals surface area (Å²) in [5, 5.41) is 17.2. The zero-order valence-corrected chi connectivity index (χ0v) is 5.71. The molecule has 0 aromatic rings. The average molecular weight is 144 g/mol. The molecule has 0 saturated heterocycles. The molecule has 0 heterocycles. The number of hydrogen-bond donors (Lipinski definition) is 2. The number of Topliss-reactive ketones (excluding diaryl/α,β-unsaturated/α-hetero) is 2. The van der Waals surface area contributed by atoms with Crippen LogP contribution in [0.15, 0.2) is 11.5 Å². The second-order valence-electron chi connectivity index (χ2n) is 1.81. The van der Waals surface area contributed by atoms with Gasteiger partial charge in [0.25, 0.3) is 0 Å². The van der Waals surface area contributed by atoms with Crippen LogP contribution in [0.25, 0.3) is 0 Å². The molecule has 0 spiro atoms. The SMILES string of the molecule is CC(=O)C(O)=C(O)C(C)=O. The van der Waals surface area contributed by atoms with E-state index in [0.29, 0.717) is 0 Å². The molecule has 4 nitrogen and oxygen atoms in total. The third-order valence-electron chi connectivity index (χ3n) is 0.891. The summed E-state index contributed by atoms with van der Waals surface area (Å²) in [6.45, 7) is 2.10. The van der Waals surface area contributed by atoms with Gasteiger partial charge in [-0.2, -0.15) is 0 Å². The van der Waals surface area contributed by atoms with Crippen LogP contribution in [0.3, 0.4) is 0 Å². The van der Waals surface area contributed by atoms with Crippen LogP contribution in [-0.2, 0) is 9.59 Å². The maximum atomic E-state index is 10.3. The van der Waals surface area contributed by atoms with Crippen LogP contribution in [0.4, 0.5) is 0 Å². The van der Waals surface area contributed by atoms with Crippen LogP contribution >= 0.6 is 0 Å². The molecule has 0 atom stereocenters. The molecule has 0 bridgehead atoms. The number of allylic oxidation sites excluding steroid dienone is 2. The Balaban J connectivity index is 4.67. The Morgan fingerprint density at radius 3 is 1.20 bits per heavy atom. The normalized spacial score (nSPS) is 12.2. The quantitative estimate of drug-likeness (QED) is 0.437. The Kier molecular flexibility index (Phi) is 2.61. The van der Waals surface area contributed by atoms with E-state index in [1.807, 2.05) is 0 Å². The number of carbonyl (C=O) groups excluding carboxylic acids is 2. The van der Waals surface area contributed by atoms with Crippen LogP contribution in [0.5, 0.6) is 0 Å². The monoisotopic (exact) mass is 144 g/mol. The Hall–Kier alpha value is -1.32. The summed E-state index contributed by atoms with van der Waals surface area (Å²) < 4.78 is 0. The highest BCUT2D eigenvalue weighted by Crippen LogP contribution is 1.98. The number of aliphatic hydroxyl groups excluding tert-OH is 2. The Labute approximate surface area is 57.8 Å². The highest BCUT2D eigenvalue weighted by atomic mass is 16.3. The Bertz CT molecular complexity index is 180. The van der Waals surface area contributed by atoms with E-state index in [-0.39, 0.29) is 0 Å². The number of rotatable bonds is 2. The fourth-order valence-corrected chi connectivity index (χ4v) is 0.333. The van der Waals surface area contributed by atoms with Crippen molar-refractivity contribution in [3.05, 3.63) is 11.5 Å². The lowest BCUT2D eigenvalue weighted by molar-refractivity contribution is -0.119. The Morgan fingerprint density at radius 1 is 0.900 bits per heavy atom. The molecule has 0 aliphatic heterocycles. The van der Waals surface area contributed by atoms with Crippen molar-refractivity contribution in [2.75, 3.05) is 0 Å². The molecule has 0 aliphatic carbocycles. The maximum absolute atomic E-state index is 10.3. The van der Waals surface area contributed by atoms with Crippen LogP contribution in [-0.4, -0.2) is 21.8 Å². The topological polar surface area (TPSA) is 74.6 Å². The first-order valence-electron chi connectivity index (χ1n) is 2.61. The number of aliphatic hydroxyl groups is 2. The standard InChI is InChI=1S/C6H8O4/c1-3(7)5(9)6(10)4(2)8/h9-10H,1-2H3. The molecular weight excluding hydrogens is 136 g/mol. The van der Waals surface area contributed by atoms with Gasteiger partial charge in [0.1, 0.15) is 0 Å². The van der Waals surface area contributed by atoms with Gasteiger partial charge in [0, 0.05) is 13.8 Å². The van der Waals surface area contributed by atoms with E-state index >= 15 is 0 Å². The minimum absolute atomic E-state index is 0.729. The molecule has 0 aromatic carbocycles. The van der Waals surface area contributed by atoms with Gasteiger partial charge in [-0.15, -0.1) is 0 Å². The minimum atomic E-state index is -0.882. The van der Waals surface area contributed by atoms with Crippen molar-refractivity contribution >= 4 is 11.6 Å². The van der Waals surface area contributed by atoms with Crippen LogP contribution in [0, 0.1) is 0 Å². The fraction of sp³-hybridized carbons (Fsp3) is 0.333. The number of carbonyl (C=O) groups is 2. The largest absolute Gasteiger partial charge is 0.502 e. The van der Waals surface area contributed by atoms with Crippen molar-refractivity contribution in [2.45, 2.75) is 13.8 Å². The minimum Gasteiger partial charge on any atom is -0.502 e. The maximum Gasteiger partial charge on any atom is 0.205 e. The summed E-state index contributed by atoms with van der Waals surface area (Å²) in [5.74, 6) is -3.22. The molecule has 0 aliphatic rings. The lowest BCUT2D eigenvalue weighted by atomic mass is 10.2. The van der Waals surface area contributed by atoms with Gasteiger partial charge in [-0.1, -0.05) is 0 Å². The van der Waals surface area contributed by atoms with E-state index in [9.17, 15) is 9.59 Å². The summed E-state index contributed by atoms with van der Waals surface area (Å²) in [6.07, 6.45) is 0. The summed E-state index contributed by atoms with van der Waals surface area (Å²) in [4.78, 5) is 20.5. The van der Waals surface area contributed by atoms with Crippen molar-refractivity contribution < 1.29 is 19.8 Å². The van der Waals surface area contributed by atoms with Gasteiger partial charge in [0.2, 0.25) is 11.5 Å². The molecular formula is C6H8O4. The van der Waals surface area contributed by atoms with Crippen molar-refractivity contribution in [2.24, 2.45) is 0 Å². The molecule has 56 valence electrons. The molecule has 0 amide bonds. The molecule has 0 aromatic heterocycles. The van der Waals surface area contributed by atoms with E-state index in [1.54, 1.807) is 0 Å².